The second-order valence-electron chi connectivity index (χ2n) is 4.86. The van der Waals surface area contributed by atoms with Crippen LogP contribution in [0.15, 0.2) is 18.3 Å². The van der Waals surface area contributed by atoms with Crippen LogP contribution in [0.5, 0.6) is 0 Å². The summed E-state index contributed by atoms with van der Waals surface area (Å²) in [5.41, 5.74) is 1.51. The number of aromatic nitrogens is 1. The first-order valence-corrected chi connectivity index (χ1v) is 9.63. The van der Waals surface area contributed by atoms with Crippen molar-refractivity contribution in [2.45, 2.75) is 19.1 Å². The average molecular weight is 326 g/mol. The summed E-state index contributed by atoms with van der Waals surface area (Å²) in [7, 11) is 0. The minimum Gasteiger partial charge on any atom is -0.384 e. The van der Waals surface area contributed by atoms with Crippen LogP contribution >= 0.6 is 23.5 Å². The van der Waals surface area contributed by atoms with Gasteiger partial charge in [-0.3, -0.25) is 9.78 Å². The van der Waals surface area contributed by atoms with Crippen molar-refractivity contribution in [1.29, 1.82) is 0 Å². The fourth-order valence-corrected chi connectivity index (χ4v) is 4.83. The van der Waals surface area contributed by atoms with Gasteiger partial charge in [-0.25, -0.2) is 0 Å². The van der Waals surface area contributed by atoms with Gasteiger partial charge in [0.2, 0.25) is 0 Å². The van der Waals surface area contributed by atoms with Gasteiger partial charge in [0.05, 0.1) is 0 Å². The number of hydrogen-bond donors (Lipinski definition) is 1. The first-order valence-electron chi connectivity index (χ1n) is 7.43. The predicted octanol–water partition coefficient (Wildman–Crippen LogP) is 2.82. The molecule has 0 aromatic carbocycles. The molecule has 1 unspecified atom stereocenters. The van der Waals surface area contributed by atoms with E-state index in [9.17, 15) is 4.79 Å². The Labute approximate surface area is 135 Å². The minimum absolute atomic E-state index is 0.00578. The van der Waals surface area contributed by atoms with Gasteiger partial charge in [0, 0.05) is 54.0 Å². The van der Waals surface area contributed by atoms with Gasteiger partial charge >= 0.3 is 0 Å². The number of anilines is 1. The van der Waals surface area contributed by atoms with Crippen LogP contribution in [0.3, 0.4) is 0 Å². The highest BCUT2D eigenvalue weighted by Crippen LogP contribution is 2.24. The van der Waals surface area contributed by atoms with E-state index in [0.717, 1.165) is 12.2 Å². The number of carbonyl (C=O) groups is 1. The van der Waals surface area contributed by atoms with Crippen molar-refractivity contribution in [2.75, 3.05) is 42.2 Å². The number of nitrogens with one attached hydrogen (secondary N) is 1. The van der Waals surface area contributed by atoms with Gasteiger partial charge in [0.1, 0.15) is 5.69 Å². The van der Waals surface area contributed by atoms with Gasteiger partial charge in [-0.2, -0.15) is 23.5 Å². The van der Waals surface area contributed by atoms with E-state index in [-0.39, 0.29) is 5.91 Å². The summed E-state index contributed by atoms with van der Waals surface area (Å²) in [6.45, 7) is 6.35. The van der Waals surface area contributed by atoms with Crippen molar-refractivity contribution in [1.82, 2.24) is 9.88 Å². The number of carbonyl (C=O) groups excluding carboxylic acids is 1. The zero-order chi connectivity index (χ0) is 15.1. The van der Waals surface area contributed by atoms with Crippen LogP contribution in [0.4, 0.5) is 5.69 Å². The van der Waals surface area contributed by atoms with E-state index >= 15 is 0 Å². The van der Waals surface area contributed by atoms with E-state index in [1.807, 2.05) is 49.5 Å². The number of rotatable bonds is 6. The van der Waals surface area contributed by atoms with Crippen LogP contribution in [-0.2, 0) is 0 Å². The molecule has 2 rings (SSSR count). The van der Waals surface area contributed by atoms with Gasteiger partial charge in [-0.15, -0.1) is 0 Å². The van der Waals surface area contributed by atoms with Crippen molar-refractivity contribution in [2.24, 2.45) is 0 Å². The Balaban J connectivity index is 1.95. The normalized spacial score (nSPS) is 18.3. The Bertz CT molecular complexity index is 460. The van der Waals surface area contributed by atoms with E-state index in [0.29, 0.717) is 24.0 Å². The number of thioether (sulfide) groups is 2. The third-order valence-corrected chi connectivity index (χ3v) is 6.29. The number of pyridine rings is 1. The summed E-state index contributed by atoms with van der Waals surface area (Å²) >= 11 is 4.05. The molecule has 116 valence electrons. The molecule has 0 bridgehead atoms. The second kappa shape index (κ2) is 8.54. The Kier molecular flexibility index (Phi) is 6.70. The molecular weight excluding hydrogens is 302 g/mol. The Morgan fingerprint density at radius 1 is 1.43 bits per heavy atom. The number of nitrogens with zero attached hydrogens (tertiary/aromatic N) is 2. The SMILES string of the molecule is CCN(CC)C(=O)c1cc(NCC2CSCCS2)ccn1. The van der Waals surface area contributed by atoms with Crippen molar-refractivity contribution >= 4 is 35.1 Å². The summed E-state index contributed by atoms with van der Waals surface area (Å²) in [5, 5.41) is 4.09. The largest absolute Gasteiger partial charge is 0.384 e. The third-order valence-electron chi connectivity index (χ3n) is 3.45. The van der Waals surface area contributed by atoms with Crippen LogP contribution < -0.4 is 5.32 Å². The lowest BCUT2D eigenvalue weighted by molar-refractivity contribution is 0.0767. The fourth-order valence-electron chi connectivity index (χ4n) is 2.22. The molecule has 21 heavy (non-hydrogen) atoms. The zero-order valence-electron chi connectivity index (χ0n) is 12.7. The molecule has 1 N–H and O–H groups in total. The maximum Gasteiger partial charge on any atom is 0.272 e. The maximum atomic E-state index is 12.3. The molecule has 1 fully saturated rings. The van der Waals surface area contributed by atoms with Gasteiger partial charge in [-0.1, -0.05) is 0 Å². The lowest BCUT2D eigenvalue weighted by atomic mass is 10.2. The molecule has 1 aromatic heterocycles. The van der Waals surface area contributed by atoms with Crippen molar-refractivity contribution in [3.8, 4) is 0 Å². The van der Waals surface area contributed by atoms with Gasteiger partial charge in [0.25, 0.3) is 5.91 Å². The summed E-state index contributed by atoms with van der Waals surface area (Å²) in [6.07, 6.45) is 1.71. The molecule has 1 aliphatic heterocycles. The Hall–Kier alpha value is -0.880. The average Bonchev–Trinajstić information content (AvgIpc) is 2.55. The van der Waals surface area contributed by atoms with Crippen molar-refractivity contribution in [3.63, 3.8) is 0 Å². The highest BCUT2D eigenvalue weighted by Gasteiger charge is 2.16. The molecule has 0 radical (unpaired) electrons. The first-order chi connectivity index (χ1) is 10.2. The lowest BCUT2D eigenvalue weighted by Crippen LogP contribution is -2.31. The van der Waals surface area contributed by atoms with Crippen LogP contribution in [0.25, 0.3) is 0 Å². The summed E-state index contributed by atoms with van der Waals surface area (Å²) in [4.78, 5) is 18.3. The maximum absolute atomic E-state index is 12.3. The molecule has 0 spiro atoms. The van der Waals surface area contributed by atoms with E-state index < -0.39 is 0 Å². The topological polar surface area (TPSA) is 45.2 Å². The van der Waals surface area contributed by atoms with Crippen LogP contribution in [0.1, 0.15) is 24.3 Å². The molecule has 1 aliphatic rings. The van der Waals surface area contributed by atoms with Gasteiger partial charge in [0.15, 0.2) is 0 Å². The zero-order valence-corrected chi connectivity index (χ0v) is 14.3. The standard InChI is InChI=1S/C15H23N3OS2/c1-3-18(4-2)15(19)14-9-12(5-6-16-14)17-10-13-11-20-7-8-21-13/h5-6,9,13H,3-4,7-8,10-11H2,1-2H3,(H,16,17). The summed E-state index contributed by atoms with van der Waals surface area (Å²) < 4.78 is 0. The summed E-state index contributed by atoms with van der Waals surface area (Å²) in [5.74, 6) is 3.71. The predicted molar refractivity (Wildman–Crippen MR) is 93.5 cm³/mol. The molecular formula is C15H23N3OS2. The monoisotopic (exact) mass is 325 g/mol. The van der Waals surface area contributed by atoms with E-state index in [1.54, 1.807) is 11.1 Å². The molecule has 6 heteroatoms. The van der Waals surface area contributed by atoms with Crippen LogP contribution in [0, 0.1) is 0 Å². The van der Waals surface area contributed by atoms with E-state index in [1.165, 1.54) is 17.3 Å². The molecule has 1 amide bonds. The first kappa shape index (κ1) is 16.5. The second-order valence-corrected chi connectivity index (χ2v) is 7.41. The van der Waals surface area contributed by atoms with Crippen molar-refractivity contribution < 1.29 is 4.79 Å². The molecule has 1 atom stereocenters. The summed E-state index contributed by atoms with van der Waals surface area (Å²) in [6, 6.07) is 3.79. The van der Waals surface area contributed by atoms with E-state index in [2.05, 4.69) is 10.3 Å². The third kappa shape index (κ3) is 4.81. The highest BCUT2D eigenvalue weighted by atomic mass is 32.2. The molecule has 0 saturated carbocycles. The van der Waals surface area contributed by atoms with Crippen molar-refractivity contribution in [3.05, 3.63) is 24.0 Å². The highest BCUT2D eigenvalue weighted by molar-refractivity contribution is 8.06. The molecule has 0 aliphatic carbocycles. The molecule has 1 saturated heterocycles. The minimum atomic E-state index is 0.00578. The van der Waals surface area contributed by atoms with E-state index in [4.69, 9.17) is 0 Å². The van der Waals surface area contributed by atoms with Gasteiger partial charge in [-0.05, 0) is 26.0 Å². The smallest absolute Gasteiger partial charge is 0.272 e. The van der Waals surface area contributed by atoms with Crippen LogP contribution in [0.2, 0.25) is 0 Å². The lowest BCUT2D eigenvalue weighted by Gasteiger charge is -2.22. The molecule has 1 aromatic rings. The fraction of sp³-hybridized carbons (Fsp3) is 0.600. The molecule has 4 nitrogen and oxygen atoms in total. The van der Waals surface area contributed by atoms with Crippen LogP contribution in [-0.4, -0.2) is 57.9 Å². The van der Waals surface area contributed by atoms with Gasteiger partial charge < -0.3 is 10.2 Å². The Morgan fingerprint density at radius 3 is 2.90 bits per heavy atom. The quantitative estimate of drug-likeness (QED) is 0.871. The number of amides is 1. The number of hydrogen-bond acceptors (Lipinski definition) is 5. The molecule has 2 heterocycles. The Morgan fingerprint density at radius 2 is 2.24 bits per heavy atom.